The minimum absolute atomic E-state index is 0.0230. The smallest absolute Gasteiger partial charge is 0.260 e. The highest BCUT2D eigenvalue weighted by Crippen LogP contribution is 2.24. The Hall–Kier alpha value is -2.82. The topological polar surface area (TPSA) is 58.6 Å². The Morgan fingerprint density at radius 1 is 0.931 bits per heavy atom. The van der Waals surface area contributed by atoms with Gasteiger partial charge in [0.05, 0.1) is 0 Å². The molecule has 3 rings (SSSR count). The molecule has 1 heterocycles. The number of ether oxygens (including phenoxy) is 1. The maximum Gasteiger partial charge on any atom is 0.260 e. The number of amides is 2. The number of aryl methyl sites for hydroxylation is 2. The predicted molar refractivity (Wildman–Crippen MR) is 116 cm³/mol. The van der Waals surface area contributed by atoms with Gasteiger partial charge in [0, 0.05) is 24.3 Å². The van der Waals surface area contributed by atoms with E-state index in [-0.39, 0.29) is 18.4 Å². The second-order valence-electron chi connectivity index (χ2n) is 7.37. The first-order valence-electron chi connectivity index (χ1n) is 10.5. The number of rotatable bonds is 7. The SMILES string of the molecule is CCc1cccc(CC)c1NC(=O)c1ccc(OCC(=O)N2CCCCC2)cc1. The van der Waals surface area contributed by atoms with Crippen LogP contribution in [0.15, 0.2) is 42.5 Å². The van der Waals surface area contributed by atoms with E-state index in [9.17, 15) is 9.59 Å². The van der Waals surface area contributed by atoms with Crippen LogP contribution in [0.4, 0.5) is 5.69 Å². The third-order valence-electron chi connectivity index (χ3n) is 5.42. The van der Waals surface area contributed by atoms with E-state index in [4.69, 9.17) is 4.74 Å². The molecule has 0 aliphatic carbocycles. The molecule has 0 radical (unpaired) electrons. The van der Waals surface area contributed by atoms with E-state index in [2.05, 4.69) is 19.2 Å². The fourth-order valence-corrected chi connectivity index (χ4v) is 3.67. The second-order valence-corrected chi connectivity index (χ2v) is 7.37. The van der Waals surface area contributed by atoms with Crippen molar-refractivity contribution in [2.75, 3.05) is 25.0 Å². The number of nitrogens with zero attached hydrogens (tertiary/aromatic N) is 1. The van der Waals surface area contributed by atoms with Crippen molar-refractivity contribution in [1.29, 1.82) is 0 Å². The lowest BCUT2D eigenvalue weighted by Crippen LogP contribution is -2.38. The molecule has 5 nitrogen and oxygen atoms in total. The van der Waals surface area contributed by atoms with Crippen LogP contribution in [0.5, 0.6) is 5.75 Å². The molecule has 154 valence electrons. The predicted octanol–water partition coefficient (Wildman–Crippen LogP) is 4.46. The molecule has 0 unspecified atom stereocenters. The third-order valence-corrected chi connectivity index (χ3v) is 5.42. The fraction of sp³-hybridized carbons (Fsp3) is 0.417. The zero-order valence-electron chi connectivity index (χ0n) is 17.4. The molecule has 0 aromatic heterocycles. The van der Waals surface area contributed by atoms with Gasteiger partial charge in [-0.3, -0.25) is 9.59 Å². The van der Waals surface area contributed by atoms with Crippen molar-refractivity contribution in [2.24, 2.45) is 0 Å². The van der Waals surface area contributed by atoms with E-state index in [1.54, 1.807) is 24.3 Å². The van der Waals surface area contributed by atoms with Gasteiger partial charge in [0.25, 0.3) is 11.8 Å². The summed E-state index contributed by atoms with van der Waals surface area (Å²) >= 11 is 0. The second kappa shape index (κ2) is 10.1. The lowest BCUT2D eigenvalue weighted by Gasteiger charge is -2.26. The van der Waals surface area contributed by atoms with Crippen LogP contribution in [-0.2, 0) is 17.6 Å². The number of anilines is 1. The van der Waals surface area contributed by atoms with Crippen molar-refractivity contribution in [2.45, 2.75) is 46.0 Å². The highest BCUT2D eigenvalue weighted by molar-refractivity contribution is 6.05. The summed E-state index contributed by atoms with van der Waals surface area (Å²) in [7, 11) is 0. The van der Waals surface area contributed by atoms with Gasteiger partial charge >= 0.3 is 0 Å². The molecule has 29 heavy (non-hydrogen) atoms. The van der Waals surface area contributed by atoms with Crippen LogP contribution in [-0.4, -0.2) is 36.4 Å². The Kier molecular flexibility index (Phi) is 7.28. The van der Waals surface area contributed by atoms with Crippen molar-refractivity contribution in [3.8, 4) is 5.75 Å². The van der Waals surface area contributed by atoms with Gasteiger partial charge in [0.15, 0.2) is 6.61 Å². The number of para-hydroxylation sites is 1. The van der Waals surface area contributed by atoms with Gasteiger partial charge in [-0.05, 0) is 67.5 Å². The maximum absolute atomic E-state index is 12.7. The Bertz CT molecular complexity index is 817. The van der Waals surface area contributed by atoms with Gasteiger partial charge in [-0.25, -0.2) is 0 Å². The molecule has 0 spiro atoms. The Balaban J connectivity index is 1.60. The lowest BCUT2D eigenvalue weighted by molar-refractivity contribution is -0.134. The molecule has 0 bridgehead atoms. The zero-order chi connectivity index (χ0) is 20.6. The highest BCUT2D eigenvalue weighted by Gasteiger charge is 2.17. The molecule has 1 aliphatic rings. The average molecular weight is 395 g/mol. The molecule has 1 N–H and O–H groups in total. The standard InChI is InChI=1S/C24H30N2O3/c1-3-18-9-8-10-19(4-2)23(18)25-24(28)20-11-13-21(14-12-20)29-17-22(27)26-15-6-5-7-16-26/h8-14H,3-7,15-17H2,1-2H3,(H,25,28). The van der Waals surface area contributed by atoms with E-state index in [0.717, 1.165) is 55.6 Å². The highest BCUT2D eigenvalue weighted by atomic mass is 16.5. The maximum atomic E-state index is 12.7. The molecular formula is C24H30N2O3. The van der Waals surface area contributed by atoms with Crippen molar-refractivity contribution in [3.05, 3.63) is 59.2 Å². The minimum Gasteiger partial charge on any atom is -0.484 e. The number of nitrogens with one attached hydrogen (secondary N) is 1. The summed E-state index contributed by atoms with van der Waals surface area (Å²) in [6.07, 6.45) is 5.05. The number of carbonyl (C=O) groups excluding carboxylic acids is 2. The first kappa shape index (κ1) is 20.9. The lowest BCUT2D eigenvalue weighted by atomic mass is 10.0. The van der Waals surface area contributed by atoms with Crippen molar-refractivity contribution < 1.29 is 14.3 Å². The Labute approximate surface area is 173 Å². The van der Waals surface area contributed by atoms with Crippen LogP contribution in [0.25, 0.3) is 0 Å². The van der Waals surface area contributed by atoms with E-state index >= 15 is 0 Å². The van der Waals surface area contributed by atoms with E-state index < -0.39 is 0 Å². The summed E-state index contributed by atoms with van der Waals surface area (Å²) in [5.41, 5.74) is 3.74. The summed E-state index contributed by atoms with van der Waals surface area (Å²) in [5.74, 6) is 0.474. The molecule has 2 aromatic carbocycles. The first-order chi connectivity index (χ1) is 14.1. The molecule has 0 atom stereocenters. The first-order valence-corrected chi connectivity index (χ1v) is 10.5. The Morgan fingerprint density at radius 3 is 2.14 bits per heavy atom. The largest absolute Gasteiger partial charge is 0.484 e. The van der Waals surface area contributed by atoms with Crippen LogP contribution in [0.2, 0.25) is 0 Å². The molecule has 1 aliphatic heterocycles. The number of carbonyl (C=O) groups is 2. The fourth-order valence-electron chi connectivity index (χ4n) is 3.67. The quantitative estimate of drug-likeness (QED) is 0.754. The van der Waals surface area contributed by atoms with E-state index in [1.807, 2.05) is 23.1 Å². The summed E-state index contributed by atoms with van der Waals surface area (Å²) in [6.45, 7) is 5.85. The molecule has 1 saturated heterocycles. The van der Waals surface area contributed by atoms with Crippen molar-refractivity contribution in [1.82, 2.24) is 4.90 Å². The number of piperidine rings is 1. The number of hydrogen-bond donors (Lipinski definition) is 1. The van der Waals surface area contributed by atoms with Gasteiger partial charge in [0.2, 0.25) is 0 Å². The molecule has 1 fully saturated rings. The van der Waals surface area contributed by atoms with Crippen LogP contribution in [0.1, 0.15) is 54.6 Å². The molecular weight excluding hydrogens is 364 g/mol. The van der Waals surface area contributed by atoms with Crippen molar-refractivity contribution >= 4 is 17.5 Å². The van der Waals surface area contributed by atoms with Gasteiger partial charge in [-0.1, -0.05) is 32.0 Å². The molecule has 2 amide bonds. The summed E-state index contributed by atoms with van der Waals surface area (Å²) in [4.78, 5) is 26.8. The van der Waals surface area contributed by atoms with E-state index in [1.165, 1.54) is 6.42 Å². The van der Waals surface area contributed by atoms with Crippen LogP contribution >= 0.6 is 0 Å². The molecule has 2 aromatic rings. The summed E-state index contributed by atoms with van der Waals surface area (Å²) in [5, 5.41) is 3.07. The molecule has 0 saturated carbocycles. The number of likely N-dealkylation sites (tertiary alicyclic amines) is 1. The van der Waals surface area contributed by atoms with E-state index in [0.29, 0.717) is 11.3 Å². The van der Waals surface area contributed by atoms with Gasteiger partial charge in [0.1, 0.15) is 5.75 Å². The Morgan fingerprint density at radius 2 is 1.55 bits per heavy atom. The normalized spacial score (nSPS) is 13.8. The van der Waals surface area contributed by atoms with Crippen LogP contribution in [0, 0.1) is 0 Å². The van der Waals surface area contributed by atoms with Crippen LogP contribution in [0.3, 0.4) is 0 Å². The van der Waals surface area contributed by atoms with Gasteiger partial charge in [-0.2, -0.15) is 0 Å². The number of benzene rings is 2. The summed E-state index contributed by atoms with van der Waals surface area (Å²) < 4.78 is 5.62. The average Bonchev–Trinajstić information content (AvgIpc) is 2.78. The monoisotopic (exact) mass is 394 g/mol. The molecule has 5 heteroatoms. The van der Waals surface area contributed by atoms with Crippen molar-refractivity contribution in [3.63, 3.8) is 0 Å². The summed E-state index contributed by atoms with van der Waals surface area (Å²) in [6, 6.07) is 13.1. The number of hydrogen-bond acceptors (Lipinski definition) is 3. The zero-order valence-corrected chi connectivity index (χ0v) is 17.4. The van der Waals surface area contributed by atoms with Gasteiger partial charge < -0.3 is 15.0 Å². The van der Waals surface area contributed by atoms with Gasteiger partial charge in [-0.15, -0.1) is 0 Å². The van der Waals surface area contributed by atoms with Crippen LogP contribution < -0.4 is 10.1 Å². The third kappa shape index (κ3) is 5.37. The minimum atomic E-state index is -0.142.